The first-order valence-electron chi connectivity index (χ1n) is 8.17. The second-order valence-corrected chi connectivity index (χ2v) is 9.05. The number of carboxylic acid groups (broad SMARTS) is 1. The Bertz CT molecular complexity index is 729. The second kappa shape index (κ2) is 6.16. The Morgan fingerprint density at radius 2 is 2.17 bits per heavy atom. The summed E-state index contributed by atoms with van der Waals surface area (Å²) in [4.78, 5) is 14.2. The molecule has 3 rings (SSSR count). The van der Waals surface area contributed by atoms with E-state index in [4.69, 9.17) is 4.42 Å². The quantitative estimate of drug-likeness (QED) is 0.870. The van der Waals surface area contributed by atoms with Gasteiger partial charge in [-0.3, -0.25) is 9.69 Å². The van der Waals surface area contributed by atoms with Crippen LogP contribution in [-0.2, 0) is 21.4 Å². The molecule has 0 aliphatic carbocycles. The fourth-order valence-corrected chi connectivity index (χ4v) is 4.92. The Hall–Kier alpha value is -1.38. The third kappa shape index (κ3) is 3.22. The smallest absolute Gasteiger partial charge is 0.311 e. The van der Waals surface area contributed by atoms with E-state index in [1.165, 1.54) is 4.31 Å². The van der Waals surface area contributed by atoms with Gasteiger partial charge in [-0.15, -0.1) is 0 Å². The van der Waals surface area contributed by atoms with Gasteiger partial charge in [0.25, 0.3) is 0 Å². The number of fused-ring (bicyclic) bond motifs is 1. The zero-order chi connectivity index (χ0) is 17.5. The van der Waals surface area contributed by atoms with Gasteiger partial charge in [0.05, 0.1) is 18.2 Å². The van der Waals surface area contributed by atoms with Crippen LogP contribution in [0, 0.1) is 18.3 Å². The molecule has 24 heavy (non-hydrogen) atoms. The molecule has 2 aliphatic rings. The maximum atomic E-state index is 12.0. The van der Waals surface area contributed by atoms with Crippen LogP contribution < -0.4 is 0 Å². The average Bonchev–Trinajstić information content (AvgIpc) is 2.99. The standard InChI is InChI=1S/C16H24N2O5S/c1-12-4-5-14(23-12)10-17-7-3-6-16(15(19)20)11-18(24(2,21)22)9-13(16)8-17/h4-5,13H,3,6-11H2,1-2H3,(H,19,20)/t13-,16-/m0/s1. The predicted octanol–water partition coefficient (Wildman–Crippen LogP) is 1.15. The highest BCUT2D eigenvalue weighted by Crippen LogP contribution is 2.43. The molecule has 0 aromatic carbocycles. The van der Waals surface area contributed by atoms with Gasteiger partial charge in [-0.05, 0) is 38.4 Å². The molecule has 2 atom stereocenters. The van der Waals surface area contributed by atoms with E-state index in [2.05, 4.69) is 4.90 Å². The van der Waals surface area contributed by atoms with Gasteiger partial charge in [0.1, 0.15) is 11.5 Å². The monoisotopic (exact) mass is 356 g/mol. The number of furan rings is 1. The van der Waals surface area contributed by atoms with Crippen molar-refractivity contribution in [1.82, 2.24) is 9.21 Å². The van der Waals surface area contributed by atoms with Crippen LogP contribution in [0.3, 0.4) is 0 Å². The third-order valence-corrected chi connectivity index (χ3v) is 6.53. The fourth-order valence-electron chi connectivity index (χ4n) is 4.00. The number of hydrogen-bond acceptors (Lipinski definition) is 5. The molecule has 2 saturated heterocycles. The van der Waals surface area contributed by atoms with E-state index < -0.39 is 21.4 Å². The minimum atomic E-state index is -3.38. The van der Waals surface area contributed by atoms with E-state index >= 15 is 0 Å². The summed E-state index contributed by atoms with van der Waals surface area (Å²) >= 11 is 0. The summed E-state index contributed by atoms with van der Waals surface area (Å²) < 4.78 is 30.8. The zero-order valence-corrected chi connectivity index (χ0v) is 14.9. The Morgan fingerprint density at radius 3 is 2.75 bits per heavy atom. The summed E-state index contributed by atoms with van der Waals surface area (Å²) in [7, 11) is -3.38. The van der Waals surface area contributed by atoms with Crippen LogP contribution in [-0.4, -0.2) is 61.1 Å². The van der Waals surface area contributed by atoms with Gasteiger partial charge in [0.2, 0.25) is 10.0 Å². The van der Waals surface area contributed by atoms with E-state index in [1.54, 1.807) is 0 Å². The Labute approximate surface area is 142 Å². The first-order chi connectivity index (χ1) is 11.2. The van der Waals surface area contributed by atoms with Crippen molar-refractivity contribution in [2.75, 3.05) is 32.4 Å². The van der Waals surface area contributed by atoms with Crippen molar-refractivity contribution in [3.63, 3.8) is 0 Å². The van der Waals surface area contributed by atoms with Crippen molar-refractivity contribution in [3.05, 3.63) is 23.7 Å². The van der Waals surface area contributed by atoms with E-state index in [0.29, 0.717) is 19.5 Å². The number of nitrogens with zero attached hydrogens (tertiary/aromatic N) is 2. The number of aliphatic carboxylic acids is 1. The minimum Gasteiger partial charge on any atom is -0.481 e. The highest BCUT2D eigenvalue weighted by Gasteiger charge is 2.55. The molecule has 1 N–H and O–H groups in total. The van der Waals surface area contributed by atoms with Crippen molar-refractivity contribution >= 4 is 16.0 Å². The molecule has 0 amide bonds. The minimum absolute atomic E-state index is 0.0829. The van der Waals surface area contributed by atoms with Crippen molar-refractivity contribution in [2.45, 2.75) is 26.3 Å². The molecule has 0 saturated carbocycles. The van der Waals surface area contributed by atoms with Crippen molar-refractivity contribution < 1.29 is 22.7 Å². The first-order valence-corrected chi connectivity index (χ1v) is 10.0. The van der Waals surface area contributed by atoms with E-state index in [0.717, 1.165) is 30.7 Å². The molecule has 0 bridgehead atoms. The lowest BCUT2D eigenvalue weighted by Gasteiger charge is -2.29. The van der Waals surface area contributed by atoms with Crippen LogP contribution in [0.4, 0.5) is 0 Å². The summed E-state index contributed by atoms with van der Waals surface area (Å²) in [5.74, 6) is 0.620. The largest absolute Gasteiger partial charge is 0.481 e. The highest BCUT2D eigenvalue weighted by atomic mass is 32.2. The molecule has 7 nitrogen and oxygen atoms in total. The van der Waals surface area contributed by atoms with Gasteiger partial charge in [-0.1, -0.05) is 0 Å². The molecule has 2 aliphatic heterocycles. The molecule has 134 valence electrons. The molecule has 0 radical (unpaired) electrons. The Morgan fingerprint density at radius 1 is 1.42 bits per heavy atom. The van der Waals surface area contributed by atoms with Crippen LogP contribution >= 0.6 is 0 Å². The molecular formula is C16H24N2O5S. The zero-order valence-electron chi connectivity index (χ0n) is 14.1. The second-order valence-electron chi connectivity index (χ2n) is 7.06. The van der Waals surface area contributed by atoms with E-state index in [1.807, 2.05) is 19.1 Å². The van der Waals surface area contributed by atoms with Crippen LogP contribution in [0.1, 0.15) is 24.4 Å². The predicted molar refractivity (Wildman–Crippen MR) is 87.9 cm³/mol. The van der Waals surface area contributed by atoms with Crippen molar-refractivity contribution in [2.24, 2.45) is 11.3 Å². The summed E-state index contributed by atoms with van der Waals surface area (Å²) in [5.41, 5.74) is -0.975. The third-order valence-electron chi connectivity index (χ3n) is 5.31. The summed E-state index contributed by atoms with van der Waals surface area (Å²) in [6.07, 6.45) is 2.39. The van der Waals surface area contributed by atoms with Gasteiger partial charge in [-0.25, -0.2) is 12.7 Å². The lowest BCUT2D eigenvalue weighted by molar-refractivity contribution is -0.150. The number of hydrogen-bond donors (Lipinski definition) is 1. The first kappa shape index (κ1) is 17.4. The topological polar surface area (TPSA) is 91.1 Å². The maximum Gasteiger partial charge on any atom is 0.311 e. The van der Waals surface area contributed by atoms with Gasteiger partial charge in [0, 0.05) is 25.6 Å². The number of carboxylic acids is 1. The number of sulfonamides is 1. The molecule has 0 unspecified atom stereocenters. The normalized spacial score (nSPS) is 29.3. The van der Waals surface area contributed by atoms with Crippen LogP contribution in [0.5, 0.6) is 0 Å². The van der Waals surface area contributed by atoms with E-state index in [-0.39, 0.29) is 19.0 Å². The molecular weight excluding hydrogens is 332 g/mol. The van der Waals surface area contributed by atoms with Gasteiger partial charge >= 0.3 is 5.97 Å². The number of aryl methyl sites for hydroxylation is 1. The van der Waals surface area contributed by atoms with E-state index in [9.17, 15) is 18.3 Å². The van der Waals surface area contributed by atoms with Crippen LogP contribution in [0.25, 0.3) is 0 Å². The lowest BCUT2D eigenvalue weighted by Crippen LogP contribution is -2.41. The number of rotatable bonds is 4. The van der Waals surface area contributed by atoms with Crippen molar-refractivity contribution in [1.29, 1.82) is 0 Å². The number of carbonyl (C=O) groups is 1. The molecule has 1 aromatic heterocycles. The van der Waals surface area contributed by atoms with Gasteiger partial charge < -0.3 is 9.52 Å². The Balaban J connectivity index is 1.81. The molecule has 0 spiro atoms. The lowest BCUT2D eigenvalue weighted by atomic mass is 9.75. The molecule has 2 fully saturated rings. The van der Waals surface area contributed by atoms with Gasteiger partial charge in [0.15, 0.2) is 0 Å². The summed E-state index contributed by atoms with van der Waals surface area (Å²) in [6, 6.07) is 3.85. The molecule has 8 heteroatoms. The van der Waals surface area contributed by atoms with Crippen LogP contribution in [0.15, 0.2) is 16.5 Å². The van der Waals surface area contributed by atoms with Gasteiger partial charge in [-0.2, -0.15) is 0 Å². The fraction of sp³-hybridized carbons (Fsp3) is 0.688. The maximum absolute atomic E-state index is 12.0. The number of likely N-dealkylation sites (tertiary alicyclic amines) is 1. The average molecular weight is 356 g/mol. The summed E-state index contributed by atoms with van der Waals surface area (Å²) in [6.45, 7) is 4.24. The highest BCUT2D eigenvalue weighted by molar-refractivity contribution is 7.88. The molecule has 1 aromatic rings. The SMILES string of the molecule is Cc1ccc(CN2CCC[C@]3(C(=O)O)CN(S(C)(=O)=O)C[C@@H]3C2)o1. The van der Waals surface area contributed by atoms with Crippen molar-refractivity contribution in [3.8, 4) is 0 Å². The Kier molecular flexibility index (Phi) is 4.48. The van der Waals surface area contributed by atoms with Crippen LogP contribution in [0.2, 0.25) is 0 Å². The summed E-state index contributed by atoms with van der Waals surface area (Å²) in [5, 5.41) is 9.83. The molecule has 3 heterocycles.